The second kappa shape index (κ2) is 6.57. The number of rotatable bonds is 3. The third-order valence-electron chi connectivity index (χ3n) is 5.90. The van der Waals surface area contributed by atoms with Gasteiger partial charge >= 0.3 is 0 Å². The van der Waals surface area contributed by atoms with E-state index in [1.54, 1.807) is 6.92 Å². The smallest absolute Gasteiger partial charge is 0.276 e. The Morgan fingerprint density at radius 1 is 1.29 bits per heavy atom. The molecule has 3 aromatic rings. The van der Waals surface area contributed by atoms with Gasteiger partial charge in [-0.05, 0) is 45.4 Å². The van der Waals surface area contributed by atoms with Crippen molar-refractivity contribution in [3.8, 4) is 0 Å². The quantitative estimate of drug-likeness (QED) is 0.735. The van der Waals surface area contributed by atoms with Crippen LogP contribution in [-0.4, -0.2) is 42.3 Å². The molecule has 5 rings (SSSR count). The van der Waals surface area contributed by atoms with Crippen molar-refractivity contribution in [1.29, 1.82) is 0 Å². The summed E-state index contributed by atoms with van der Waals surface area (Å²) >= 11 is 0. The van der Waals surface area contributed by atoms with Crippen molar-refractivity contribution in [3.05, 3.63) is 44.8 Å². The highest BCUT2D eigenvalue weighted by atomic mass is 16.6. The highest BCUT2D eigenvalue weighted by molar-refractivity contribution is 5.79. The van der Waals surface area contributed by atoms with E-state index in [2.05, 4.69) is 15.4 Å². The molecule has 0 saturated carbocycles. The summed E-state index contributed by atoms with van der Waals surface area (Å²) in [7, 11) is 0. The minimum absolute atomic E-state index is 0.00822. The van der Waals surface area contributed by atoms with E-state index in [0.29, 0.717) is 23.6 Å². The summed E-state index contributed by atoms with van der Waals surface area (Å²) in [6.45, 7) is 2.46. The van der Waals surface area contributed by atoms with Crippen LogP contribution in [0.1, 0.15) is 60.1 Å². The number of amides is 1. The summed E-state index contributed by atoms with van der Waals surface area (Å²) < 4.78 is 6.23. The lowest BCUT2D eigenvalue weighted by atomic mass is 9.97. The van der Waals surface area contributed by atoms with Crippen LogP contribution >= 0.6 is 0 Å². The summed E-state index contributed by atoms with van der Waals surface area (Å²) in [6.07, 6.45) is 5.69. The maximum absolute atomic E-state index is 12.9. The average molecular weight is 382 g/mol. The molecule has 1 aliphatic heterocycles. The molecule has 4 heterocycles. The normalized spacial score (nSPS) is 19.3. The van der Waals surface area contributed by atoms with Crippen LogP contribution in [-0.2, 0) is 24.1 Å². The summed E-state index contributed by atoms with van der Waals surface area (Å²) in [5, 5.41) is 10.8. The van der Waals surface area contributed by atoms with Crippen molar-refractivity contribution in [2.75, 3.05) is 6.54 Å². The lowest BCUT2D eigenvalue weighted by molar-refractivity contribution is -0.131. The van der Waals surface area contributed by atoms with Gasteiger partial charge in [-0.15, -0.1) is 0 Å². The van der Waals surface area contributed by atoms with Gasteiger partial charge in [-0.1, -0.05) is 10.3 Å². The summed E-state index contributed by atoms with van der Waals surface area (Å²) in [5.41, 5.74) is 4.44. The van der Waals surface area contributed by atoms with E-state index >= 15 is 0 Å². The first-order valence-corrected chi connectivity index (χ1v) is 9.83. The number of H-pyrrole nitrogens is 1. The van der Waals surface area contributed by atoms with Gasteiger partial charge in [-0.3, -0.25) is 14.7 Å². The van der Waals surface area contributed by atoms with Gasteiger partial charge in [-0.25, -0.2) is 14.1 Å². The van der Waals surface area contributed by atoms with Gasteiger partial charge in [0.1, 0.15) is 11.4 Å². The van der Waals surface area contributed by atoms with Crippen LogP contribution in [0.3, 0.4) is 0 Å². The molecule has 3 aromatic heterocycles. The summed E-state index contributed by atoms with van der Waals surface area (Å²) in [4.78, 5) is 32.3. The number of nitrogens with zero attached hydrogens (tertiary/aromatic N) is 5. The lowest BCUT2D eigenvalue weighted by Crippen LogP contribution is -2.32. The van der Waals surface area contributed by atoms with Crippen molar-refractivity contribution in [3.63, 3.8) is 0 Å². The highest BCUT2D eigenvalue weighted by Gasteiger charge is 2.32. The number of aryl methyl sites for hydroxylation is 2. The lowest BCUT2D eigenvalue weighted by Gasteiger charge is -2.23. The third kappa shape index (κ3) is 2.73. The van der Waals surface area contributed by atoms with E-state index < -0.39 is 0 Å². The number of carbonyl (C=O) groups excluding carboxylic acids is 1. The largest absolute Gasteiger partial charge is 0.334 e. The Morgan fingerprint density at radius 2 is 2.14 bits per heavy atom. The van der Waals surface area contributed by atoms with Crippen LogP contribution in [0.15, 0.2) is 15.5 Å². The van der Waals surface area contributed by atoms with Crippen molar-refractivity contribution in [2.24, 2.45) is 0 Å². The first-order valence-electron chi connectivity index (χ1n) is 9.83. The second-order valence-electron chi connectivity index (χ2n) is 7.67. The Hall–Kier alpha value is -2.97. The third-order valence-corrected chi connectivity index (χ3v) is 5.90. The molecule has 1 fully saturated rings. The van der Waals surface area contributed by atoms with E-state index in [-0.39, 0.29) is 23.9 Å². The van der Waals surface area contributed by atoms with Crippen LogP contribution in [0.25, 0.3) is 5.65 Å². The van der Waals surface area contributed by atoms with Gasteiger partial charge in [-0.2, -0.15) is 0 Å². The van der Waals surface area contributed by atoms with Gasteiger partial charge in [0.05, 0.1) is 23.9 Å². The first-order chi connectivity index (χ1) is 13.6. The fourth-order valence-corrected chi connectivity index (χ4v) is 4.39. The number of aromatic amines is 1. The van der Waals surface area contributed by atoms with Gasteiger partial charge in [0.25, 0.3) is 5.56 Å². The minimum atomic E-state index is -0.0919. The van der Waals surface area contributed by atoms with Gasteiger partial charge < -0.3 is 4.90 Å². The topological polar surface area (TPSA) is 109 Å². The monoisotopic (exact) mass is 382 g/mol. The molecule has 0 aromatic carbocycles. The molecule has 0 radical (unpaired) electrons. The zero-order chi connectivity index (χ0) is 19.3. The van der Waals surface area contributed by atoms with Crippen LogP contribution in [0, 0.1) is 6.92 Å². The predicted octanol–water partition coefficient (Wildman–Crippen LogP) is 1.50. The number of nitrogens with one attached hydrogen (secondary N) is 1. The number of carbonyl (C=O) groups is 1. The van der Waals surface area contributed by atoms with Gasteiger partial charge in [0, 0.05) is 18.2 Å². The van der Waals surface area contributed by atoms with E-state index in [1.807, 2.05) is 11.0 Å². The molecule has 1 N–H and O–H groups in total. The highest BCUT2D eigenvalue weighted by Crippen LogP contribution is 2.32. The predicted molar refractivity (Wildman–Crippen MR) is 98.9 cm³/mol. The van der Waals surface area contributed by atoms with Crippen molar-refractivity contribution in [1.82, 2.24) is 29.8 Å². The Labute approximate surface area is 160 Å². The average Bonchev–Trinajstić information content (AvgIpc) is 3.42. The summed E-state index contributed by atoms with van der Waals surface area (Å²) in [6, 6.07) is 1.82. The molecule has 9 nitrogen and oxygen atoms in total. The maximum atomic E-state index is 12.9. The maximum Gasteiger partial charge on any atom is 0.276 e. The number of aromatic nitrogens is 5. The second-order valence-corrected chi connectivity index (χ2v) is 7.67. The Bertz CT molecular complexity index is 1110. The van der Waals surface area contributed by atoms with E-state index in [1.165, 1.54) is 4.52 Å². The van der Waals surface area contributed by atoms with E-state index in [0.717, 1.165) is 55.5 Å². The van der Waals surface area contributed by atoms with Crippen LogP contribution in [0.4, 0.5) is 0 Å². The Balaban J connectivity index is 1.47. The molecule has 9 heteroatoms. The molecule has 2 aliphatic rings. The van der Waals surface area contributed by atoms with E-state index in [9.17, 15) is 9.59 Å². The molecule has 1 amide bonds. The molecule has 28 heavy (non-hydrogen) atoms. The number of fused-ring (bicyclic) bond motifs is 2. The Morgan fingerprint density at radius 3 is 2.96 bits per heavy atom. The molecule has 0 bridgehead atoms. The van der Waals surface area contributed by atoms with E-state index in [4.69, 9.17) is 9.61 Å². The first kappa shape index (κ1) is 17.2. The molecule has 0 unspecified atom stereocenters. The minimum Gasteiger partial charge on any atom is -0.334 e. The Kier molecular flexibility index (Phi) is 4.03. The standard InChI is InChI=1S/C19H22N6O3/c1-11-14(23-28-22-11)10-18(26)24-8-4-7-16(24)15-9-17-20-13-6-3-2-5-12(13)19(27)25(17)21-15/h9,16,21H,2-8,10H2,1H3/t16-/m0/s1. The van der Waals surface area contributed by atoms with Gasteiger partial charge in [0.15, 0.2) is 5.65 Å². The fourth-order valence-electron chi connectivity index (χ4n) is 4.39. The fraction of sp³-hybridized carbons (Fsp3) is 0.526. The van der Waals surface area contributed by atoms with Crippen LogP contribution in [0.2, 0.25) is 0 Å². The number of likely N-dealkylation sites (tertiary alicyclic amines) is 1. The van der Waals surface area contributed by atoms with Gasteiger partial charge in [0.2, 0.25) is 5.91 Å². The molecule has 146 valence electrons. The SMILES string of the molecule is Cc1nonc1CC(=O)N1CCC[C@H]1c1cc2nc3c(c(=O)n2[nH]1)CCCC3. The molecule has 1 saturated heterocycles. The zero-order valence-corrected chi connectivity index (χ0v) is 15.8. The van der Waals surface area contributed by atoms with Crippen molar-refractivity contribution >= 4 is 11.6 Å². The van der Waals surface area contributed by atoms with Crippen molar-refractivity contribution in [2.45, 2.75) is 57.9 Å². The molecule has 1 atom stereocenters. The molecule has 1 aliphatic carbocycles. The molecular weight excluding hydrogens is 360 g/mol. The van der Waals surface area contributed by atoms with Crippen molar-refractivity contribution < 1.29 is 9.42 Å². The molecule has 0 spiro atoms. The van der Waals surface area contributed by atoms with Crippen LogP contribution < -0.4 is 5.56 Å². The zero-order valence-electron chi connectivity index (χ0n) is 15.8. The molecular formula is C19H22N6O3. The summed E-state index contributed by atoms with van der Waals surface area (Å²) in [5.74, 6) is -0.0143. The van der Waals surface area contributed by atoms with Crippen LogP contribution in [0.5, 0.6) is 0 Å². The number of hydrogen-bond acceptors (Lipinski definition) is 6. The number of hydrogen-bond donors (Lipinski definition) is 1.